The molecule has 10 nitrogen and oxygen atoms in total. The Bertz CT molecular complexity index is 344. The third-order valence-corrected chi connectivity index (χ3v) is 2.79. The Morgan fingerprint density at radius 2 is 1.28 bits per heavy atom. The zero-order chi connectivity index (χ0) is 12.8. The Kier molecular flexibility index (Phi) is 4.59. The minimum atomic E-state index is -0.392. The molecule has 0 N–H and O–H groups in total. The highest BCUT2D eigenvalue weighted by molar-refractivity contribution is 4.91. The van der Waals surface area contributed by atoms with Crippen LogP contribution in [0.4, 0.5) is 0 Å². The fourth-order valence-electron chi connectivity index (χ4n) is 1.97. The number of azide groups is 2. The molecule has 0 radical (unpaired) electrons. The van der Waals surface area contributed by atoms with Gasteiger partial charge in [0.15, 0.2) is 0 Å². The predicted octanol–water partition coefficient (Wildman–Crippen LogP) is 1.09. The zero-order valence-corrected chi connectivity index (χ0v) is 9.45. The Morgan fingerprint density at radius 3 is 1.67 bits per heavy atom. The van der Waals surface area contributed by atoms with Crippen molar-refractivity contribution in [2.75, 3.05) is 26.7 Å². The fraction of sp³-hybridized carbons (Fsp3) is 1.00. The maximum Gasteiger partial charge on any atom is 0.147 e. The quantitative estimate of drug-likeness (QED) is 0.413. The minimum absolute atomic E-state index is 0.115. The number of hydrogen-bond donors (Lipinski definition) is 0. The summed E-state index contributed by atoms with van der Waals surface area (Å²) in [7, 11) is 0. The molecule has 0 unspecified atom stereocenters. The molecule has 0 aromatic rings. The molecule has 0 aliphatic carbocycles. The topological polar surface area (TPSA) is 134 Å². The van der Waals surface area contributed by atoms with Crippen molar-refractivity contribution in [3.05, 3.63) is 20.9 Å². The average molecular weight is 256 g/mol. The van der Waals surface area contributed by atoms with Gasteiger partial charge in [-0.2, -0.15) is 0 Å². The van der Waals surface area contributed by atoms with Crippen molar-refractivity contribution < 1.29 is 18.9 Å². The summed E-state index contributed by atoms with van der Waals surface area (Å²) in [5, 5.41) is 6.92. The van der Waals surface area contributed by atoms with Crippen LogP contribution < -0.4 is 0 Å². The lowest BCUT2D eigenvalue weighted by atomic mass is 10.0. The fourth-order valence-corrected chi connectivity index (χ4v) is 1.97. The van der Waals surface area contributed by atoms with Gasteiger partial charge in [0, 0.05) is 9.82 Å². The molecule has 2 rings (SSSR count). The smallest absolute Gasteiger partial charge is 0.147 e. The molecule has 2 aliphatic rings. The first kappa shape index (κ1) is 12.9. The summed E-state index contributed by atoms with van der Waals surface area (Å²) in [6, 6.07) is 0. The molecule has 0 spiro atoms. The van der Waals surface area contributed by atoms with Crippen molar-refractivity contribution in [3.63, 3.8) is 0 Å². The maximum absolute atomic E-state index is 8.30. The van der Waals surface area contributed by atoms with Crippen LogP contribution in [-0.4, -0.2) is 51.1 Å². The van der Waals surface area contributed by atoms with Crippen LogP contribution in [0.3, 0.4) is 0 Å². The largest absolute Gasteiger partial charge is 0.349 e. The van der Waals surface area contributed by atoms with Gasteiger partial charge in [0.25, 0.3) is 0 Å². The molecule has 98 valence electrons. The molecule has 2 fully saturated rings. The normalized spacial score (nSPS) is 34.9. The van der Waals surface area contributed by atoms with Gasteiger partial charge in [-0.25, -0.2) is 0 Å². The first-order valence-corrected chi connectivity index (χ1v) is 5.35. The molecule has 2 aliphatic heterocycles. The molecule has 2 saturated heterocycles. The van der Waals surface area contributed by atoms with E-state index in [-0.39, 0.29) is 38.9 Å². The van der Waals surface area contributed by atoms with Crippen LogP contribution in [0.2, 0.25) is 0 Å². The van der Waals surface area contributed by atoms with Crippen molar-refractivity contribution in [1.82, 2.24) is 0 Å². The van der Waals surface area contributed by atoms with Gasteiger partial charge in [-0.3, -0.25) is 0 Å². The van der Waals surface area contributed by atoms with Crippen LogP contribution in [-0.2, 0) is 18.9 Å². The summed E-state index contributed by atoms with van der Waals surface area (Å²) in [5.74, 6) is 0. The second-order valence-electron chi connectivity index (χ2n) is 3.74. The molecular formula is C8H12N6O4. The summed E-state index contributed by atoms with van der Waals surface area (Å²) >= 11 is 0. The van der Waals surface area contributed by atoms with Crippen molar-refractivity contribution in [2.45, 2.75) is 24.4 Å². The highest BCUT2D eigenvalue weighted by atomic mass is 16.8. The van der Waals surface area contributed by atoms with Gasteiger partial charge in [-0.15, -0.1) is 0 Å². The van der Waals surface area contributed by atoms with Crippen LogP contribution in [0.25, 0.3) is 20.9 Å². The molecule has 0 saturated carbocycles. The third kappa shape index (κ3) is 2.82. The maximum atomic E-state index is 8.30. The van der Waals surface area contributed by atoms with Gasteiger partial charge < -0.3 is 18.9 Å². The van der Waals surface area contributed by atoms with Gasteiger partial charge in [-0.05, 0) is 11.1 Å². The summed E-state index contributed by atoms with van der Waals surface area (Å²) in [6.07, 6.45) is -1.53. The number of hydrogen-bond acceptors (Lipinski definition) is 6. The summed E-state index contributed by atoms with van der Waals surface area (Å²) in [6.45, 7) is 0.555. The predicted molar refractivity (Wildman–Crippen MR) is 57.3 cm³/mol. The summed E-state index contributed by atoms with van der Waals surface area (Å²) in [4.78, 5) is 5.36. The molecule has 10 heteroatoms. The number of nitrogens with zero attached hydrogens (tertiary/aromatic N) is 6. The van der Waals surface area contributed by atoms with E-state index >= 15 is 0 Å². The molecule has 18 heavy (non-hydrogen) atoms. The molecule has 0 aromatic heterocycles. The molecule has 0 bridgehead atoms. The van der Waals surface area contributed by atoms with Crippen LogP contribution >= 0.6 is 0 Å². The van der Waals surface area contributed by atoms with Gasteiger partial charge in [0.2, 0.25) is 0 Å². The lowest BCUT2D eigenvalue weighted by Crippen LogP contribution is -2.43. The van der Waals surface area contributed by atoms with Crippen LogP contribution in [0.15, 0.2) is 10.2 Å². The van der Waals surface area contributed by atoms with E-state index in [1.54, 1.807) is 0 Å². The molecule has 0 aromatic carbocycles. The minimum Gasteiger partial charge on any atom is -0.349 e. The van der Waals surface area contributed by atoms with Gasteiger partial charge in [0.1, 0.15) is 25.8 Å². The molecule has 2 heterocycles. The van der Waals surface area contributed by atoms with Crippen LogP contribution in [0.1, 0.15) is 0 Å². The van der Waals surface area contributed by atoms with E-state index in [1.807, 2.05) is 0 Å². The number of ether oxygens (including phenoxy) is 4. The van der Waals surface area contributed by atoms with Crippen molar-refractivity contribution in [2.24, 2.45) is 10.2 Å². The highest BCUT2D eigenvalue weighted by Gasteiger charge is 2.43. The Morgan fingerprint density at radius 1 is 0.833 bits per heavy atom. The van der Waals surface area contributed by atoms with E-state index in [4.69, 9.17) is 30.0 Å². The Hall–Kier alpha value is -1.54. The average Bonchev–Trinajstić information content (AvgIpc) is 3.01. The SMILES string of the molecule is [N-]=[N+]=NC[C@@H]1OCO[C@@H]1[C@@H]1OCO[C@@H]1CN=[N+]=[N-]. The van der Waals surface area contributed by atoms with E-state index in [1.165, 1.54) is 0 Å². The van der Waals surface area contributed by atoms with Crippen LogP contribution in [0, 0.1) is 0 Å². The summed E-state index contributed by atoms with van der Waals surface area (Å²) < 4.78 is 21.4. The van der Waals surface area contributed by atoms with Crippen molar-refractivity contribution >= 4 is 0 Å². The van der Waals surface area contributed by atoms with Crippen LogP contribution in [0.5, 0.6) is 0 Å². The monoisotopic (exact) mass is 256 g/mol. The first-order chi connectivity index (χ1) is 8.86. The van der Waals surface area contributed by atoms with E-state index in [2.05, 4.69) is 20.1 Å². The Labute approximate surface area is 102 Å². The van der Waals surface area contributed by atoms with Gasteiger partial charge in [0.05, 0.1) is 25.3 Å². The van der Waals surface area contributed by atoms with E-state index < -0.39 is 12.2 Å². The first-order valence-electron chi connectivity index (χ1n) is 5.35. The van der Waals surface area contributed by atoms with Crippen molar-refractivity contribution in [3.8, 4) is 0 Å². The lowest BCUT2D eigenvalue weighted by Gasteiger charge is -2.23. The lowest BCUT2D eigenvalue weighted by molar-refractivity contribution is -0.0305. The molecule has 0 amide bonds. The van der Waals surface area contributed by atoms with Gasteiger partial charge >= 0.3 is 0 Å². The zero-order valence-electron chi connectivity index (χ0n) is 9.45. The van der Waals surface area contributed by atoms with E-state index in [9.17, 15) is 0 Å². The second kappa shape index (κ2) is 6.41. The van der Waals surface area contributed by atoms with E-state index in [0.29, 0.717) is 0 Å². The van der Waals surface area contributed by atoms with Gasteiger partial charge in [-0.1, -0.05) is 10.2 Å². The summed E-state index contributed by atoms with van der Waals surface area (Å²) in [5.41, 5.74) is 16.6. The highest BCUT2D eigenvalue weighted by Crippen LogP contribution is 2.26. The Balaban J connectivity index is 1.99. The van der Waals surface area contributed by atoms with E-state index in [0.717, 1.165) is 0 Å². The number of rotatable bonds is 5. The second-order valence-corrected chi connectivity index (χ2v) is 3.74. The third-order valence-electron chi connectivity index (χ3n) is 2.79. The molecular weight excluding hydrogens is 244 g/mol. The molecule has 4 atom stereocenters. The van der Waals surface area contributed by atoms with Crippen molar-refractivity contribution in [1.29, 1.82) is 0 Å². The standard InChI is InChI=1S/C8H12N6O4/c9-13-11-1-5-7(17-3-15-5)8-6(2-12-14-10)16-4-18-8/h5-8H,1-4H2/t5-,6+,7-,8+.